The minimum absolute atomic E-state index is 0.211. The number of β-amino-alcohol motifs (C(OH)–C–C–N with tert-alkyl or cyclic N) is 1. The van der Waals surface area contributed by atoms with Gasteiger partial charge >= 0.3 is 0 Å². The molecule has 6 heteroatoms. The molecule has 0 bridgehead atoms. The summed E-state index contributed by atoms with van der Waals surface area (Å²) in [5.74, 6) is 0. The SMILES string of the molecule is CNS(=O)(=O)N1CC[C@@H](O)C1. The maximum absolute atomic E-state index is 11.1. The Morgan fingerprint density at radius 1 is 1.64 bits per heavy atom. The predicted molar refractivity (Wildman–Crippen MR) is 40.2 cm³/mol. The second-order valence-corrected chi connectivity index (χ2v) is 4.38. The van der Waals surface area contributed by atoms with E-state index >= 15 is 0 Å². The smallest absolute Gasteiger partial charge is 0.279 e. The molecule has 5 nitrogen and oxygen atoms in total. The molecule has 0 aliphatic carbocycles. The molecule has 1 aliphatic heterocycles. The fourth-order valence-electron chi connectivity index (χ4n) is 1.06. The summed E-state index contributed by atoms with van der Waals surface area (Å²) in [5.41, 5.74) is 0. The van der Waals surface area contributed by atoms with E-state index in [0.29, 0.717) is 13.0 Å². The highest BCUT2D eigenvalue weighted by molar-refractivity contribution is 7.87. The van der Waals surface area contributed by atoms with E-state index in [1.54, 1.807) is 0 Å². The van der Waals surface area contributed by atoms with Crippen LogP contribution in [0.1, 0.15) is 6.42 Å². The fourth-order valence-corrected chi connectivity index (χ4v) is 2.03. The van der Waals surface area contributed by atoms with Gasteiger partial charge in [-0.1, -0.05) is 0 Å². The number of hydrogen-bond acceptors (Lipinski definition) is 3. The average Bonchev–Trinajstić information content (AvgIpc) is 2.36. The summed E-state index contributed by atoms with van der Waals surface area (Å²) in [4.78, 5) is 0. The Hall–Kier alpha value is -0.170. The summed E-state index contributed by atoms with van der Waals surface area (Å²) < 4.78 is 25.5. The lowest BCUT2D eigenvalue weighted by Crippen LogP contribution is -2.37. The van der Waals surface area contributed by atoms with Crippen molar-refractivity contribution < 1.29 is 13.5 Å². The molecular formula is C5H12N2O3S. The average molecular weight is 180 g/mol. The fraction of sp³-hybridized carbons (Fsp3) is 1.00. The lowest BCUT2D eigenvalue weighted by atomic mass is 10.3. The van der Waals surface area contributed by atoms with Crippen molar-refractivity contribution in [2.24, 2.45) is 0 Å². The first-order valence-electron chi connectivity index (χ1n) is 3.43. The van der Waals surface area contributed by atoms with Crippen LogP contribution in [0.3, 0.4) is 0 Å². The van der Waals surface area contributed by atoms with Gasteiger partial charge in [-0.3, -0.25) is 0 Å². The zero-order valence-corrected chi connectivity index (χ0v) is 7.13. The Bertz CT molecular complexity index is 226. The quantitative estimate of drug-likeness (QED) is 0.544. The molecule has 0 unspecified atom stereocenters. The van der Waals surface area contributed by atoms with Gasteiger partial charge in [-0.15, -0.1) is 0 Å². The van der Waals surface area contributed by atoms with Crippen LogP contribution < -0.4 is 4.72 Å². The van der Waals surface area contributed by atoms with Gasteiger partial charge in [-0.25, -0.2) is 4.72 Å². The Morgan fingerprint density at radius 2 is 2.27 bits per heavy atom. The molecule has 0 spiro atoms. The molecule has 0 aromatic carbocycles. The van der Waals surface area contributed by atoms with Crippen LogP contribution in [-0.4, -0.2) is 44.1 Å². The van der Waals surface area contributed by atoms with E-state index in [-0.39, 0.29) is 6.54 Å². The molecule has 1 heterocycles. The van der Waals surface area contributed by atoms with Crippen LogP contribution in [-0.2, 0) is 10.2 Å². The van der Waals surface area contributed by atoms with Crippen molar-refractivity contribution in [1.82, 2.24) is 9.03 Å². The van der Waals surface area contributed by atoms with Crippen LogP contribution in [0.4, 0.5) is 0 Å². The zero-order valence-electron chi connectivity index (χ0n) is 6.32. The van der Waals surface area contributed by atoms with E-state index in [2.05, 4.69) is 4.72 Å². The van der Waals surface area contributed by atoms with Crippen molar-refractivity contribution in [3.05, 3.63) is 0 Å². The van der Waals surface area contributed by atoms with E-state index in [1.807, 2.05) is 0 Å². The molecule has 1 aliphatic rings. The van der Waals surface area contributed by atoms with E-state index in [4.69, 9.17) is 5.11 Å². The molecule has 0 saturated carbocycles. The Balaban J connectivity index is 2.64. The highest BCUT2D eigenvalue weighted by atomic mass is 32.2. The zero-order chi connectivity index (χ0) is 8.48. The number of hydrogen-bond donors (Lipinski definition) is 2. The van der Waals surface area contributed by atoms with Crippen molar-refractivity contribution in [2.45, 2.75) is 12.5 Å². The molecule has 0 radical (unpaired) electrons. The number of nitrogens with zero attached hydrogens (tertiary/aromatic N) is 1. The standard InChI is InChI=1S/C5H12N2O3S/c1-6-11(9,10)7-3-2-5(8)4-7/h5-6,8H,2-4H2,1H3/t5-/m1/s1. The summed E-state index contributed by atoms with van der Waals surface area (Å²) in [5, 5.41) is 9.02. The molecular weight excluding hydrogens is 168 g/mol. The molecule has 66 valence electrons. The minimum Gasteiger partial charge on any atom is -0.392 e. The van der Waals surface area contributed by atoms with Gasteiger partial charge in [0.1, 0.15) is 0 Å². The van der Waals surface area contributed by atoms with Gasteiger partial charge in [0.2, 0.25) is 0 Å². The van der Waals surface area contributed by atoms with Crippen LogP contribution in [0, 0.1) is 0 Å². The molecule has 0 aromatic heterocycles. The normalized spacial score (nSPS) is 27.6. The topological polar surface area (TPSA) is 69.6 Å². The van der Waals surface area contributed by atoms with Crippen LogP contribution in [0.5, 0.6) is 0 Å². The monoisotopic (exact) mass is 180 g/mol. The van der Waals surface area contributed by atoms with Gasteiger partial charge in [0, 0.05) is 20.1 Å². The highest BCUT2D eigenvalue weighted by Crippen LogP contribution is 2.11. The van der Waals surface area contributed by atoms with Crippen molar-refractivity contribution in [1.29, 1.82) is 0 Å². The lowest BCUT2D eigenvalue weighted by molar-refractivity contribution is 0.189. The summed E-state index contributed by atoms with van der Waals surface area (Å²) in [7, 11) is -1.95. The van der Waals surface area contributed by atoms with Crippen molar-refractivity contribution >= 4 is 10.2 Å². The first kappa shape index (κ1) is 8.92. The summed E-state index contributed by atoms with van der Waals surface area (Å²) >= 11 is 0. The van der Waals surface area contributed by atoms with Crippen LogP contribution in [0.25, 0.3) is 0 Å². The summed E-state index contributed by atoms with van der Waals surface area (Å²) in [6, 6.07) is 0. The second kappa shape index (κ2) is 3.06. The third kappa shape index (κ3) is 1.90. The molecule has 1 rings (SSSR count). The van der Waals surface area contributed by atoms with Crippen LogP contribution >= 0.6 is 0 Å². The van der Waals surface area contributed by atoms with Gasteiger partial charge in [0.05, 0.1) is 6.10 Å². The van der Waals surface area contributed by atoms with Crippen molar-refractivity contribution in [2.75, 3.05) is 20.1 Å². The molecule has 1 fully saturated rings. The predicted octanol–water partition coefficient (Wildman–Crippen LogP) is -1.48. The largest absolute Gasteiger partial charge is 0.392 e. The van der Waals surface area contributed by atoms with Crippen molar-refractivity contribution in [3.63, 3.8) is 0 Å². The summed E-state index contributed by atoms with van der Waals surface area (Å²) in [6.45, 7) is 0.619. The minimum atomic E-state index is -3.31. The van der Waals surface area contributed by atoms with Crippen molar-refractivity contribution in [3.8, 4) is 0 Å². The van der Waals surface area contributed by atoms with E-state index in [9.17, 15) is 8.42 Å². The van der Waals surface area contributed by atoms with Crippen LogP contribution in [0.15, 0.2) is 0 Å². The Morgan fingerprint density at radius 3 is 2.64 bits per heavy atom. The maximum Gasteiger partial charge on any atom is 0.279 e. The summed E-state index contributed by atoms with van der Waals surface area (Å²) in [6.07, 6.45) is 0.0269. The number of rotatable bonds is 2. The third-order valence-electron chi connectivity index (χ3n) is 1.72. The maximum atomic E-state index is 11.1. The number of aliphatic hydroxyl groups excluding tert-OH is 1. The Kier molecular flexibility index (Phi) is 2.48. The number of aliphatic hydroxyl groups is 1. The first-order valence-corrected chi connectivity index (χ1v) is 4.87. The highest BCUT2D eigenvalue weighted by Gasteiger charge is 2.28. The van der Waals surface area contributed by atoms with Gasteiger partial charge in [-0.05, 0) is 6.42 Å². The second-order valence-electron chi connectivity index (χ2n) is 2.51. The molecule has 0 amide bonds. The molecule has 0 aromatic rings. The van der Waals surface area contributed by atoms with Gasteiger partial charge in [-0.2, -0.15) is 12.7 Å². The number of nitrogens with one attached hydrogen (secondary N) is 1. The lowest BCUT2D eigenvalue weighted by Gasteiger charge is -2.13. The molecule has 11 heavy (non-hydrogen) atoms. The molecule has 1 saturated heterocycles. The van der Waals surface area contributed by atoms with Crippen LogP contribution in [0.2, 0.25) is 0 Å². The van der Waals surface area contributed by atoms with Gasteiger partial charge in [0.15, 0.2) is 0 Å². The van der Waals surface area contributed by atoms with E-state index in [1.165, 1.54) is 11.4 Å². The first-order chi connectivity index (χ1) is 5.06. The van der Waals surface area contributed by atoms with Gasteiger partial charge < -0.3 is 5.11 Å². The third-order valence-corrected chi connectivity index (χ3v) is 3.25. The molecule has 1 atom stereocenters. The molecule has 2 N–H and O–H groups in total. The Labute approximate surface area is 66.2 Å². The van der Waals surface area contributed by atoms with Gasteiger partial charge in [0.25, 0.3) is 10.2 Å². The van der Waals surface area contributed by atoms with E-state index in [0.717, 1.165) is 0 Å². The van der Waals surface area contributed by atoms with E-state index < -0.39 is 16.3 Å².